The lowest BCUT2D eigenvalue weighted by Crippen LogP contribution is -2.47. The first-order valence-electron chi connectivity index (χ1n) is 38.1. The number of nitrogens with one attached hydrogen (secondary N) is 1. The minimum atomic E-state index is -4.71. The van der Waals surface area contributed by atoms with Crippen molar-refractivity contribution in [3.63, 3.8) is 0 Å². The van der Waals surface area contributed by atoms with E-state index >= 15 is 0 Å². The number of carbonyl (C=O) groups is 2. The van der Waals surface area contributed by atoms with Crippen LogP contribution in [0.25, 0.3) is 0 Å². The van der Waals surface area contributed by atoms with Crippen LogP contribution < -0.4 is 10.2 Å². The second-order valence-electron chi connectivity index (χ2n) is 27.1. The third-order valence-corrected chi connectivity index (χ3v) is 18.1. The van der Waals surface area contributed by atoms with Crippen LogP contribution in [0.5, 0.6) is 0 Å². The van der Waals surface area contributed by atoms with E-state index in [2.05, 4.69) is 74.7 Å². The Bertz CT molecular complexity index is 1690. The third-order valence-electron chi connectivity index (χ3n) is 17.2. The molecule has 9 nitrogen and oxygen atoms in total. The zero-order valence-corrected chi connectivity index (χ0v) is 60.1. The van der Waals surface area contributed by atoms with Gasteiger partial charge in [-0.1, -0.05) is 326 Å². The van der Waals surface area contributed by atoms with Gasteiger partial charge in [-0.25, -0.2) is 0 Å². The highest BCUT2D eigenvalue weighted by Crippen LogP contribution is 2.38. The second-order valence-corrected chi connectivity index (χ2v) is 28.6. The SMILES string of the molecule is CCCCC/C=C\C/C=C\C/C=C\CCCCCCCCCCCCC(=O)OC(/C=C\CCCCCCCCCCCC)C(COP(=O)([O-])OCC[N+](C)(C)C)NC(=O)CCCCCCCCCCCCCCCCCCC/C=C/CCCCCCCC. The first kappa shape index (κ1) is 85.7. The van der Waals surface area contributed by atoms with Gasteiger partial charge in [0, 0.05) is 12.8 Å². The van der Waals surface area contributed by atoms with Crippen LogP contribution in [0.15, 0.2) is 60.8 Å². The van der Waals surface area contributed by atoms with Crippen molar-refractivity contribution in [2.45, 2.75) is 386 Å². The maximum atomic E-state index is 13.6. The number of hydrogen-bond donors (Lipinski definition) is 1. The van der Waals surface area contributed by atoms with Gasteiger partial charge < -0.3 is 28.5 Å². The number of quaternary nitrogens is 1. The molecule has 0 aromatic carbocycles. The summed E-state index contributed by atoms with van der Waals surface area (Å²) in [5.41, 5.74) is 0. The van der Waals surface area contributed by atoms with Crippen molar-refractivity contribution in [3.8, 4) is 0 Å². The van der Waals surface area contributed by atoms with Gasteiger partial charge in [-0.3, -0.25) is 14.2 Å². The van der Waals surface area contributed by atoms with E-state index in [1.54, 1.807) is 0 Å². The summed E-state index contributed by atoms with van der Waals surface area (Å²) in [5.74, 6) is -0.529. The Morgan fingerprint density at radius 2 is 0.693 bits per heavy atom. The van der Waals surface area contributed by atoms with Crippen LogP contribution in [-0.2, 0) is 27.9 Å². The normalized spacial score (nSPS) is 13.8. The third kappa shape index (κ3) is 68.1. The van der Waals surface area contributed by atoms with Gasteiger partial charge in [0.15, 0.2) is 0 Å². The molecular formula is C78H147N2O7P. The molecule has 3 unspecified atom stereocenters. The number of esters is 1. The number of ether oxygens (including phenoxy) is 1. The highest BCUT2D eigenvalue weighted by atomic mass is 31.2. The summed E-state index contributed by atoms with van der Waals surface area (Å²) in [6.45, 7) is 6.86. The predicted molar refractivity (Wildman–Crippen MR) is 381 cm³/mol. The zero-order chi connectivity index (χ0) is 64.2. The lowest BCUT2D eigenvalue weighted by molar-refractivity contribution is -0.870. The quantitative estimate of drug-likeness (QED) is 0.0212. The van der Waals surface area contributed by atoms with Crippen molar-refractivity contribution in [1.82, 2.24) is 5.32 Å². The molecule has 0 bridgehead atoms. The molecule has 1 N–H and O–H groups in total. The van der Waals surface area contributed by atoms with Crippen LogP contribution in [0, 0.1) is 0 Å². The molecule has 0 heterocycles. The van der Waals surface area contributed by atoms with Gasteiger partial charge in [-0.2, -0.15) is 0 Å². The van der Waals surface area contributed by atoms with Crippen LogP contribution in [0.1, 0.15) is 374 Å². The summed E-state index contributed by atoms with van der Waals surface area (Å²) >= 11 is 0. The van der Waals surface area contributed by atoms with Gasteiger partial charge in [-0.05, 0) is 96.0 Å². The van der Waals surface area contributed by atoms with E-state index in [1.165, 1.54) is 270 Å². The fraction of sp³-hybridized carbons (Fsp3) is 0.846. The molecule has 0 rings (SSSR count). The summed E-state index contributed by atoms with van der Waals surface area (Å²) in [6.07, 6.45) is 87.8. The summed E-state index contributed by atoms with van der Waals surface area (Å²) in [4.78, 5) is 40.3. The Balaban J connectivity index is 4.96. The molecule has 0 fully saturated rings. The Hall–Kier alpha value is -2.29. The van der Waals surface area contributed by atoms with Crippen LogP contribution in [-0.4, -0.2) is 69.4 Å². The monoisotopic (exact) mass is 1260 g/mol. The number of unbranched alkanes of at least 4 members (excludes halogenated alkanes) is 46. The molecule has 10 heteroatoms. The Kier molecular flexibility index (Phi) is 65.8. The molecule has 0 aromatic heterocycles. The minimum Gasteiger partial charge on any atom is -0.756 e. The predicted octanol–water partition coefficient (Wildman–Crippen LogP) is 23.9. The molecule has 0 aliphatic carbocycles. The Morgan fingerprint density at radius 3 is 1.07 bits per heavy atom. The van der Waals surface area contributed by atoms with Gasteiger partial charge in [0.05, 0.1) is 33.8 Å². The average molecular weight is 1260 g/mol. The van der Waals surface area contributed by atoms with E-state index in [9.17, 15) is 19.0 Å². The topological polar surface area (TPSA) is 114 Å². The maximum Gasteiger partial charge on any atom is 0.306 e. The maximum absolute atomic E-state index is 13.6. The molecule has 0 radical (unpaired) electrons. The van der Waals surface area contributed by atoms with Crippen molar-refractivity contribution in [2.24, 2.45) is 0 Å². The first-order valence-corrected chi connectivity index (χ1v) is 39.6. The number of amides is 1. The molecular weight excluding hydrogens is 1110 g/mol. The zero-order valence-electron chi connectivity index (χ0n) is 59.2. The molecule has 0 aromatic rings. The van der Waals surface area contributed by atoms with Gasteiger partial charge in [-0.15, -0.1) is 0 Å². The number of rotatable bonds is 70. The highest BCUT2D eigenvalue weighted by Gasteiger charge is 2.27. The van der Waals surface area contributed by atoms with Gasteiger partial charge in [0.1, 0.15) is 19.3 Å². The standard InChI is InChI=1S/C78H147N2O7P/c1-7-10-13-16-19-22-25-28-30-32-34-36-38-39-40-41-43-44-46-48-50-52-55-58-61-64-67-70-77(81)79-75(74-86-88(83,84)85-73-72-80(4,5)6)76(69-66-63-60-57-54-27-24-21-18-15-12-9-3)87-78(82)71-68-65-62-59-56-53-51-49-47-45-42-37-35-33-31-29-26-23-20-17-14-11-8-2/h20,23,28-31,35,37,66,69,75-76H,7-19,21-22,24-27,32-34,36,38-65,67-68,70-74H2,1-6H3,(H-,79,81,83,84)/b23-20-,30-28+,31-29-,37-35-,69-66-. The fourth-order valence-corrected chi connectivity index (χ4v) is 12.0. The second kappa shape index (κ2) is 67.6. The van der Waals surface area contributed by atoms with E-state index in [-0.39, 0.29) is 31.5 Å². The first-order chi connectivity index (χ1) is 42.9. The number of carbonyl (C=O) groups excluding carboxylic acids is 2. The molecule has 0 saturated heterocycles. The van der Waals surface area contributed by atoms with Crippen molar-refractivity contribution >= 4 is 19.7 Å². The van der Waals surface area contributed by atoms with E-state index in [4.69, 9.17) is 13.8 Å². The molecule has 3 atom stereocenters. The lowest BCUT2D eigenvalue weighted by Gasteiger charge is -2.30. The molecule has 0 aliphatic rings. The number of phosphoric acid groups is 1. The van der Waals surface area contributed by atoms with Crippen molar-refractivity contribution in [2.75, 3.05) is 40.9 Å². The van der Waals surface area contributed by atoms with Gasteiger partial charge in [0.25, 0.3) is 7.82 Å². The number of nitrogens with zero attached hydrogens (tertiary/aromatic N) is 1. The smallest absolute Gasteiger partial charge is 0.306 e. The Labute approximate surface area is 547 Å². The highest BCUT2D eigenvalue weighted by molar-refractivity contribution is 7.45. The molecule has 0 saturated carbocycles. The van der Waals surface area contributed by atoms with Gasteiger partial charge >= 0.3 is 5.97 Å². The number of hydrogen-bond acceptors (Lipinski definition) is 7. The summed E-state index contributed by atoms with van der Waals surface area (Å²) < 4.78 is 30.5. The lowest BCUT2D eigenvalue weighted by atomic mass is 10.0. The summed E-state index contributed by atoms with van der Waals surface area (Å²) in [6, 6.07) is -0.891. The van der Waals surface area contributed by atoms with Crippen molar-refractivity contribution in [3.05, 3.63) is 60.8 Å². The molecule has 0 spiro atoms. The van der Waals surface area contributed by atoms with E-state index in [1.807, 2.05) is 33.3 Å². The average Bonchev–Trinajstić information content (AvgIpc) is 3.71. The largest absolute Gasteiger partial charge is 0.756 e. The number of allylic oxidation sites excluding steroid dienone is 9. The number of phosphoric ester groups is 1. The summed E-state index contributed by atoms with van der Waals surface area (Å²) in [7, 11) is 1.19. The van der Waals surface area contributed by atoms with E-state index in [0.717, 1.165) is 70.6 Å². The summed E-state index contributed by atoms with van der Waals surface area (Å²) in [5, 5.41) is 3.05. The Morgan fingerprint density at radius 1 is 0.398 bits per heavy atom. The van der Waals surface area contributed by atoms with Crippen LogP contribution >= 0.6 is 7.82 Å². The van der Waals surface area contributed by atoms with E-state index in [0.29, 0.717) is 17.4 Å². The van der Waals surface area contributed by atoms with Crippen molar-refractivity contribution < 1.29 is 37.3 Å². The fourth-order valence-electron chi connectivity index (χ4n) is 11.3. The molecule has 1 amide bonds. The van der Waals surface area contributed by atoms with Crippen LogP contribution in [0.2, 0.25) is 0 Å². The molecule has 0 aliphatic heterocycles. The number of likely N-dealkylation sites (N-methyl/N-ethyl adjacent to an activating group) is 1. The minimum absolute atomic E-state index is 0.0222. The molecule has 516 valence electrons. The van der Waals surface area contributed by atoms with Crippen LogP contribution in [0.4, 0.5) is 0 Å². The van der Waals surface area contributed by atoms with E-state index < -0.39 is 20.0 Å². The van der Waals surface area contributed by atoms with Crippen molar-refractivity contribution in [1.29, 1.82) is 0 Å². The van der Waals surface area contributed by atoms with Gasteiger partial charge in [0.2, 0.25) is 5.91 Å². The molecule has 88 heavy (non-hydrogen) atoms. The van der Waals surface area contributed by atoms with Crippen LogP contribution in [0.3, 0.4) is 0 Å².